The highest BCUT2D eigenvalue weighted by Gasteiger charge is 2.44. The summed E-state index contributed by atoms with van der Waals surface area (Å²) in [5.41, 5.74) is 6.72. The van der Waals surface area contributed by atoms with Gasteiger partial charge in [0.25, 0.3) is 0 Å². The zero-order valence-corrected chi connectivity index (χ0v) is 33.8. The number of hydrogen-bond donors (Lipinski definition) is 5. The van der Waals surface area contributed by atoms with Gasteiger partial charge in [0.15, 0.2) is 6.29 Å². The standard InChI is InChI=1S/C46H66O7/c1-31(17-12-13-18-32(2)20-15-23-34(4)25-27-39-36(6)29-38(47)30-45(39,8)9)19-14-21-33(3)22-16-24-35(5)26-28-40(46(10,11)51)53-44-43(50)42(49)41(48)37(7)52-44/h12-28,37-38,40-44,47-51H,29-30H2,1-11H3/b13-12+,19-14+,20-15+,22-16+,27-25+,28-26+,31-17+,32-18+,33-21+,34-23+,35-24+/t37-,38+,40-,41+,42+,43-,44-/m0/s1. The molecule has 0 saturated carbocycles. The van der Waals surface area contributed by atoms with Gasteiger partial charge >= 0.3 is 0 Å². The van der Waals surface area contributed by atoms with Crippen LogP contribution in [0.1, 0.15) is 89.0 Å². The Bertz CT molecular complexity index is 1580. The van der Waals surface area contributed by atoms with Crippen LogP contribution in [0.4, 0.5) is 0 Å². The van der Waals surface area contributed by atoms with Crippen molar-refractivity contribution < 1.29 is 35.0 Å². The van der Waals surface area contributed by atoms with Crippen molar-refractivity contribution in [2.45, 2.75) is 138 Å². The van der Waals surface area contributed by atoms with Crippen LogP contribution in [0.2, 0.25) is 0 Å². The molecule has 292 valence electrons. The van der Waals surface area contributed by atoms with E-state index in [1.807, 2.05) is 62.5 Å². The molecule has 7 heteroatoms. The van der Waals surface area contributed by atoms with Crippen LogP contribution in [0.25, 0.3) is 0 Å². The van der Waals surface area contributed by atoms with E-state index in [9.17, 15) is 25.5 Å². The van der Waals surface area contributed by atoms with Crippen molar-refractivity contribution >= 4 is 0 Å². The zero-order chi connectivity index (χ0) is 39.9. The summed E-state index contributed by atoms with van der Waals surface area (Å²) < 4.78 is 11.4. The Balaban J connectivity index is 1.90. The van der Waals surface area contributed by atoms with Gasteiger partial charge in [-0.1, -0.05) is 151 Å². The van der Waals surface area contributed by atoms with Gasteiger partial charge in [-0.3, -0.25) is 0 Å². The van der Waals surface area contributed by atoms with Gasteiger partial charge in [0.05, 0.1) is 17.8 Å². The first kappa shape index (κ1) is 45.8. The molecule has 0 bridgehead atoms. The summed E-state index contributed by atoms with van der Waals surface area (Å²) >= 11 is 0. The van der Waals surface area contributed by atoms with E-state index in [-0.39, 0.29) is 11.5 Å². The van der Waals surface area contributed by atoms with Gasteiger partial charge in [-0.05, 0) is 86.1 Å². The summed E-state index contributed by atoms with van der Waals surface area (Å²) in [7, 11) is 0. The van der Waals surface area contributed by atoms with Gasteiger partial charge in [-0.2, -0.15) is 0 Å². The summed E-state index contributed by atoms with van der Waals surface area (Å²) in [4.78, 5) is 0. The minimum atomic E-state index is -1.45. The maximum Gasteiger partial charge on any atom is 0.187 e. The van der Waals surface area contributed by atoms with Gasteiger partial charge in [-0.15, -0.1) is 0 Å². The van der Waals surface area contributed by atoms with Crippen LogP contribution < -0.4 is 0 Å². The third-order valence-corrected chi connectivity index (χ3v) is 9.29. The van der Waals surface area contributed by atoms with Gasteiger partial charge in [-0.25, -0.2) is 0 Å². The lowest BCUT2D eigenvalue weighted by Gasteiger charge is -2.41. The fraction of sp³-hybridized carbons (Fsp3) is 0.478. The normalized spacial score (nSPS) is 28.3. The highest BCUT2D eigenvalue weighted by Crippen LogP contribution is 2.41. The second-order valence-corrected chi connectivity index (χ2v) is 15.7. The van der Waals surface area contributed by atoms with E-state index in [0.717, 1.165) is 35.1 Å². The molecular formula is C46H66O7. The van der Waals surface area contributed by atoms with E-state index in [1.54, 1.807) is 26.8 Å². The maximum absolute atomic E-state index is 10.7. The minimum Gasteiger partial charge on any atom is -0.393 e. The molecule has 0 aromatic carbocycles. The van der Waals surface area contributed by atoms with Crippen LogP contribution in [0.3, 0.4) is 0 Å². The third-order valence-electron chi connectivity index (χ3n) is 9.29. The zero-order valence-electron chi connectivity index (χ0n) is 33.8. The number of rotatable bonds is 15. The van der Waals surface area contributed by atoms with E-state index >= 15 is 0 Å². The summed E-state index contributed by atoms with van der Waals surface area (Å²) in [6.07, 6.45) is 28.8. The van der Waals surface area contributed by atoms with Crippen LogP contribution in [-0.4, -0.2) is 74.0 Å². The average molecular weight is 731 g/mol. The summed E-state index contributed by atoms with van der Waals surface area (Å²) in [6.45, 7) is 21.5. The monoisotopic (exact) mass is 730 g/mol. The van der Waals surface area contributed by atoms with E-state index in [2.05, 4.69) is 90.2 Å². The summed E-state index contributed by atoms with van der Waals surface area (Å²) in [5, 5.41) is 51.2. The molecule has 7 atom stereocenters. The van der Waals surface area contributed by atoms with E-state index in [1.165, 1.54) is 16.7 Å². The molecule has 0 radical (unpaired) electrons. The second kappa shape index (κ2) is 21.5. The Morgan fingerprint density at radius 3 is 1.64 bits per heavy atom. The fourth-order valence-corrected chi connectivity index (χ4v) is 6.10. The predicted molar refractivity (Wildman–Crippen MR) is 219 cm³/mol. The Morgan fingerprint density at radius 2 is 1.17 bits per heavy atom. The van der Waals surface area contributed by atoms with Gasteiger partial charge in [0, 0.05) is 0 Å². The molecule has 1 saturated heterocycles. The van der Waals surface area contributed by atoms with Crippen LogP contribution in [0, 0.1) is 5.41 Å². The van der Waals surface area contributed by atoms with Crippen molar-refractivity contribution in [1.29, 1.82) is 0 Å². The Morgan fingerprint density at radius 1 is 0.717 bits per heavy atom. The molecule has 1 heterocycles. The van der Waals surface area contributed by atoms with Crippen molar-refractivity contribution in [1.82, 2.24) is 0 Å². The Labute approximate surface area is 319 Å². The number of aliphatic hydroxyl groups is 5. The molecule has 1 fully saturated rings. The first-order valence-electron chi connectivity index (χ1n) is 18.6. The van der Waals surface area contributed by atoms with Crippen LogP contribution in [0.5, 0.6) is 0 Å². The van der Waals surface area contributed by atoms with Gasteiger partial charge in [0.2, 0.25) is 0 Å². The second-order valence-electron chi connectivity index (χ2n) is 15.7. The largest absolute Gasteiger partial charge is 0.393 e. The fourth-order valence-electron chi connectivity index (χ4n) is 6.10. The van der Waals surface area contributed by atoms with Crippen LogP contribution >= 0.6 is 0 Å². The molecule has 2 rings (SSSR count). The van der Waals surface area contributed by atoms with Crippen molar-refractivity contribution in [2.75, 3.05) is 0 Å². The lowest BCUT2D eigenvalue weighted by molar-refractivity contribution is -0.309. The smallest absolute Gasteiger partial charge is 0.187 e. The molecule has 2 aliphatic rings. The third kappa shape index (κ3) is 16.2. The summed E-state index contributed by atoms with van der Waals surface area (Å²) in [6, 6.07) is 0. The van der Waals surface area contributed by atoms with Crippen molar-refractivity contribution in [3.05, 3.63) is 142 Å². The van der Waals surface area contributed by atoms with Crippen molar-refractivity contribution in [3.8, 4) is 0 Å². The van der Waals surface area contributed by atoms with Gasteiger partial charge in [0.1, 0.15) is 24.4 Å². The molecule has 0 amide bonds. The molecular weight excluding hydrogens is 664 g/mol. The molecule has 7 nitrogen and oxygen atoms in total. The highest BCUT2D eigenvalue weighted by atomic mass is 16.7. The van der Waals surface area contributed by atoms with E-state index < -0.39 is 42.4 Å². The molecule has 0 aromatic heterocycles. The number of hydrogen-bond acceptors (Lipinski definition) is 7. The lowest BCUT2D eigenvalue weighted by atomic mass is 9.71. The highest BCUT2D eigenvalue weighted by molar-refractivity contribution is 5.38. The summed E-state index contributed by atoms with van der Waals surface area (Å²) in [5.74, 6) is 0. The molecule has 1 aliphatic heterocycles. The topological polar surface area (TPSA) is 120 Å². The van der Waals surface area contributed by atoms with Crippen molar-refractivity contribution in [2.24, 2.45) is 5.41 Å². The Kier molecular flexibility index (Phi) is 18.5. The molecule has 1 aliphatic carbocycles. The Hall–Kier alpha value is -3.40. The quantitative estimate of drug-likeness (QED) is 0.107. The first-order valence-corrected chi connectivity index (χ1v) is 18.6. The maximum atomic E-state index is 10.7. The lowest BCUT2D eigenvalue weighted by Crippen LogP contribution is -2.58. The van der Waals surface area contributed by atoms with E-state index in [4.69, 9.17) is 9.47 Å². The number of allylic oxidation sites excluding steroid dienone is 22. The first-order chi connectivity index (χ1) is 24.7. The number of ether oxygens (including phenoxy) is 2. The van der Waals surface area contributed by atoms with Crippen LogP contribution in [0.15, 0.2) is 142 Å². The number of aliphatic hydroxyl groups excluding tert-OH is 4. The SMILES string of the molecule is CC1=C(/C=C/C(C)=C/C=C/C(C)=C/C=C/C=C(C)/C=C/C=C(C)/C=C/C=C(C)/C=C/[C@H](O[C@@H]2O[C@@H](C)[C@@H](O)[C@@H](O)[C@@H]2O)C(C)(C)O)C(C)(C)C[C@H](O)C1. The average Bonchev–Trinajstić information content (AvgIpc) is 3.04. The van der Waals surface area contributed by atoms with Gasteiger partial charge < -0.3 is 35.0 Å². The molecule has 0 spiro atoms. The molecule has 5 N–H and O–H groups in total. The molecule has 0 aromatic rings. The van der Waals surface area contributed by atoms with E-state index in [0.29, 0.717) is 0 Å². The van der Waals surface area contributed by atoms with Crippen LogP contribution in [-0.2, 0) is 9.47 Å². The molecule has 0 unspecified atom stereocenters. The minimum absolute atomic E-state index is 0.0186. The van der Waals surface area contributed by atoms with Crippen molar-refractivity contribution in [3.63, 3.8) is 0 Å². The molecule has 53 heavy (non-hydrogen) atoms. The predicted octanol–water partition coefficient (Wildman–Crippen LogP) is 8.54.